The van der Waals surface area contributed by atoms with Crippen LogP contribution >= 0.6 is 0 Å². The highest BCUT2D eigenvalue weighted by atomic mass is 16.4. The zero-order chi connectivity index (χ0) is 8.97. The van der Waals surface area contributed by atoms with Crippen LogP contribution in [0.25, 0.3) is 0 Å². The third-order valence-electron chi connectivity index (χ3n) is 1.22. The summed E-state index contributed by atoms with van der Waals surface area (Å²) in [6.07, 6.45) is -0.0232. The minimum atomic E-state index is -1.23. The average molecular weight is 165 g/mol. The Morgan fingerprint density at radius 1 is 1.33 bits per heavy atom. The lowest BCUT2D eigenvalue weighted by Crippen LogP contribution is -1.87. The Morgan fingerprint density at radius 3 is 2.42 bits per heavy atom. The third kappa shape index (κ3) is 2.42. The van der Waals surface area contributed by atoms with Gasteiger partial charge >= 0.3 is 6.09 Å². The minimum Gasteiger partial charge on any atom is -0.508 e. The molecule has 0 saturated carbocycles. The summed E-state index contributed by atoms with van der Waals surface area (Å²) in [5.41, 5.74) is 0.634. The van der Waals surface area contributed by atoms with Crippen LogP contribution in [0.15, 0.2) is 29.3 Å². The summed E-state index contributed by atoms with van der Waals surface area (Å²) in [5.74, 6) is 0.141. The van der Waals surface area contributed by atoms with Gasteiger partial charge in [-0.05, 0) is 29.8 Å². The highest BCUT2D eigenvalue weighted by molar-refractivity contribution is 5.88. The first-order valence-corrected chi connectivity index (χ1v) is 3.24. The first-order chi connectivity index (χ1) is 5.68. The molecule has 2 N–H and O–H groups in total. The van der Waals surface area contributed by atoms with Crippen molar-refractivity contribution < 1.29 is 15.0 Å². The van der Waals surface area contributed by atoms with Gasteiger partial charge in [-0.15, -0.1) is 0 Å². The molecule has 0 bridgehead atoms. The number of hydrogen-bond donors (Lipinski definition) is 2. The molecule has 0 aliphatic carbocycles. The topological polar surface area (TPSA) is 69.9 Å². The van der Waals surface area contributed by atoms with E-state index in [4.69, 9.17) is 10.2 Å². The van der Waals surface area contributed by atoms with Crippen LogP contribution in [-0.4, -0.2) is 22.5 Å². The van der Waals surface area contributed by atoms with Gasteiger partial charge in [0, 0.05) is 6.21 Å². The van der Waals surface area contributed by atoms with Gasteiger partial charge in [-0.1, -0.05) is 0 Å². The minimum absolute atomic E-state index is 0.141. The maximum atomic E-state index is 9.99. The molecule has 1 aromatic carbocycles. The molecule has 0 atom stereocenters. The third-order valence-corrected chi connectivity index (χ3v) is 1.22. The predicted molar refractivity (Wildman–Crippen MR) is 43.7 cm³/mol. The molecule has 0 heterocycles. The smallest absolute Gasteiger partial charge is 0.431 e. The van der Waals surface area contributed by atoms with Gasteiger partial charge < -0.3 is 10.2 Å². The van der Waals surface area contributed by atoms with Crippen LogP contribution < -0.4 is 0 Å². The Balaban J connectivity index is 2.77. The van der Waals surface area contributed by atoms with E-state index in [1.165, 1.54) is 18.3 Å². The summed E-state index contributed by atoms with van der Waals surface area (Å²) in [7, 11) is 0. The van der Waals surface area contributed by atoms with Crippen LogP contribution in [0.1, 0.15) is 5.56 Å². The normalized spacial score (nSPS) is 10.3. The number of rotatable bonds is 1. The van der Waals surface area contributed by atoms with Crippen molar-refractivity contribution in [1.29, 1.82) is 0 Å². The van der Waals surface area contributed by atoms with E-state index in [0.29, 0.717) is 5.56 Å². The Kier molecular flexibility index (Phi) is 2.42. The fourth-order valence-electron chi connectivity index (χ4n) is 0.690. The SMILES string of the molecule is O=C(O)/N=C/c1ccc(O)cc1. The molecule has 0 unspecified atom stereocenters. The van der Waals surface area contributed by atoms with Gasteiger partial charge in [0.2, 0.25) is 0 Å². The first-order valence-electron chi connectivity index (χ1n) is 3.24. The van der Waals surface area contributed by atoms with Crippen molar-refractivity contribution in [3.8, 4) is 5.75 Å². The van der Waals surface area contributed by atoms with E-state index < -0.39 is 6.09 Å². The van der Waals surface area contributed by atoms with Crippen molar-refractivity contribution in [1.82, 2.24) is 0 Å². The van der Waals surface area contributed by atoms with Crippen LogP contribution in [0.2, 0.25) is 0 Å². The lowest BCUT2D eigenvalue weighted by Gasteiger charge is -1.91. The zero-order valence-corrected chi connectivity index (χ0v) is 6.14. The van der Waals surface area contributed by atoms with Crippen molar-refractivity contribution in [2.45, 2.75) is 0 Å². The second-order valence-corrected chi connectivity index (χ2v) is 2.13. The average Bonchev–Trinajstić information content (AvgIpc) is 2.03. The molecule has 1 aromatic rings. The van der Waals surface area contributed by atoms with Gasteiger partial charge in [0.1, 0.15) is 5.75 Å². The van der Waals surface area contributed by atoms with Gasteiger partial charge in [-0.3, -0.25) is 0 Å². The molecule has 0 spiro atoms. The second kappa shape index (κ2) is 3.52. The molecule has 0 saturated heterocycles. The lowest BCUT2D eigenvalue weighted by atomic mass is 10.2. The molecular formula is C8H7NO3. The standard InChI is InChI=1S/C8H7NO3/c10-7-3-1-6(2-4-7)5-9-8(11)12/h1-5,10H,(H,11,12)/b9-5+. The van der Waals surface area contributed by atoms with Gasteiger partial charge in [-0.2, -0.15) is 4.99 Å². The Morgan fingerprint density at radius 2 is 1.92 bits per heavy atom. The number of phenolic OH excluding ortho intramolecular Hbond substituents is 1. The van der Waals surface area contributed by atoms with Crippen molar-refractivity contribution in [2.24, 2.45) is 4.99 Å². The number of aromatic hydroxyl groups is 1. The van der Waals surface area contributed by atoms with Crippen molar-refractivity contribution in [3.05, 3.63) is 29.8 Å². The molecule has 0 aromatic heterocycles. The highest BCUT2D eigenvalue weighted by Crippen LogP contribution is 2.07. The Labute approximate surface area is 68.8 Å². The first kappa shape index (κ1) is 8.26. The number of phenols is 1. The molecule has 0 fully saturated rings. The number of benzene rings is 1. The van der Waals surface area contributed by atoms with Gasteiger partial charge in [0.15, 0.2) is 0 Å². The van der Waals surface area contributed by atoms with E-state index in [-0.39, 0.29) is 5.75 Å². The molecule has 62 valence electrons. The summed E-state index contributed by atoms with van der Waals surface area (Å²) in [6, 6.07) is 6.07. The molecule has 1 rings (SSSR count). The van der Waals surface area contributed by atoms with E-state index in [1.54, 1.807) is 12.1 Å². The fourth-order valence-corrected chi connectivity index (χ4v) is 0.690. The molecule has 0 aliphatic heterocycles. The monoisotopic (exact) mass is 165 g/mol. The van der Waals surface area contributed by atoms with Crippen molar-refractivity contribution in [3.63, 3.8) is 0 Å². The van der Waals surface area contributed by atoms with E-state index in [2.05, 4.69) is 4.99 Å². The number of hydrogen-bond acceptors (Lipinski definition) is 2. The number of aliphatic imine (C=N–C) groups is 1. The molecule has 4 nitrogen and oxygen atoms in total. The van der Waals surface area contributed by atoms with E-state index in [9.17, 15) is 4.79 Å². The summed E-state index contributed by atoms with van der Waals surface area (Å²) < 4.78 is 0. The van der Waals surface area contributed by atoms with Crippen molar-refractivity contribution >= 4 is 12.3 Å². The molecule has 0 radical (unpaired) electrons. The second-order valence-electron chi connectivity index (χ2n) is 2.13. The fraction of sp³-hybridized carbons (Fsp3) is 0. The Hall–Kier alpha value is -1.84. The molecular weight excluding hydrogens is 158 g/mol. The van der Waals surface area contributed by atoms with Crippen LogP contribution in [0, 0.1) is 0 Å². The summed E-state index contributed by atoms with van der Waals surface area (Å²) >= 11 is 0. The number of carbonyl (C=O) groups is 1. The molecule has 4 heteroatoms. The van der Waals surface area contributed by atoms with Crippen LogP contribution in [0.4, 0.5) is 4.79 Å². The molecule has 1 amide bonds. The number of nitrogens with zero attached hydrogens (tertiary/aromatic N) is 1. The van der Waals surface area contributed by atoms with Gasteiger partial charge in [0.05, 0.1) is 0 Å². The molecule has 0 aliphatic rings. The summed E-state index contributed by atoms with van der Waals surface area (Å²) in [4.78, 5) is 13.1. The Bertz CT molecular complexity index is 303. The molecule has 12 heavy (non-hydrogen) atoms. The maximum Gasteiger partial charge on any atom is 0.431 e. The highest BCUT2D eigenvalue weighted by Gasteiger charge is 1.90. The van der Waals surface area contributed by atoms with Crippen LogP contribution in [0.3, 0.4) is 0 Å². The van der Waals surface area contributed by atoms with E-state index in [0.717, 1.165) is 0 Å². The van der Waals surface area contributed by atoms with Gasteiger partial charge in [0.25, 0.3) is 0 Å². The summed E-state index contributed by atoms with van der Waals surface area (Å²) in [6.45, 7) is 0. The maximum absolute atomic E-state index is 9.99. The van der Waals surface area contributed by atoms with Crippen LogP contribution in [-0.2, 0) is 0 Å². The van der Waals surface area contributed by atoms with E-state index in [1.807, 2.05) is 0 Å². The largest absolute Gasteiger partial charge is 0.508 e. The van der Waals surface area contributed by atoms with Gasteiger partial charge in [-0.25, -0.2) is 4.79 Å². The van der Waals surface area contributed by atoms with Crippen LogP contribution in [0.5, 0.6) is 5.75 Å². The number of amides is 1. The summed E-state index contributed by atoms with van der Waals surface area (Å²) in [5, 5.41) is 17.1. The number of carboxylic acid groups (broad SMARTS) is 1. The zero-order valence-electron chi connectivity index (χ0n) is 6.14. The quantitative estimate of drug-likeness (QED) is 0.619. The predicted octanol–water partition coefficient (Wildman–Crippen LogP) is 1.49. The van der Waals surface area contributed by atoms with Crippen molar-refractivity contribution in [2.75, 3.05) is 0 Å². The lowest BCUT2D eigenvalue weighted by molar-refractivity contribution is 0.206. The van der Waals surface area contributed by atoms with E-state index >= 15 is 0 Å².